The monoisotopic (exact) mass is 309 g/mol. The summed E-state index contributed by atoms with van der Waals surface area (Å²) in [6.07, 6.45) is 0. The Morgan fingerprint density at radius 1 is 0.957 bits per heavy atom. The van der Waals surface area contributed by atoms with Crippen LogP contribution in [0.5, 0.6) is 0 Å². The van der Waals surface area contributed by atoms with E-state index in [9.17, 15) is 14.4 Å². The third-order valence-corrected chi connectivity index (χ3v) is 3.96. The van der Waals surface area contributed by atoms with Gasteiger partial charge in [-0.05, 0) is 26.0 Å². The smallest absolute Gasteiger partial charge is 0.268 e. The van der Waals surface area contributed by atoms with Crippen LogP contribution in [-0.2, 0) is 0 Å². The number of rotatable bonds is 1. The van der Waals surface area contributed by atoms with Crippen LogP contribution in [0.4, 0.5) is 5.95 Å². The van der Waals surface area contributed by atoms with Crippen molar-refractivity contribution in [3.8, 4) is 0 Å². The first kappa shape index (κ1) is 13.4. The first-order valence-corrected chi connectivity index (χ1v) is 6.93. The highest BCUT2D eigenvalue weighted by molar-refractivity contribution is 6.33. The molecular formula is C15H11N5O3. The first-order valence-electron chi connectivity index (χ1n) is 6.93. The molecule has 3 heterocycles. The number of H-pyrrole nitrogens is 1. The topological polar surface area (TPSA) is 100 Å². The van der Waals surface area contributed by atoms with Gasteiger partial charge < -0.3 is 0 Å². The molecule has 0 fully saturated rings. The molecule has 0 unspecified atom stereocenters. The maximum Gasteiger partial charge on any atom is 0.277 e. The number of nitrogens with one attached hydrogen (secondary N) is 1. The molecule has 8 heteroatoms. The zero-order chi connectivity index (χ0) is 16.3. The molecule has 0 aliphatic carbocycles. The van der Waals surface area contributed by atoms with Crippen molar-refractivity contribution >= 4 is 23.5 Å². The highest BCUT2D eigenvalue weighted by atomic mass is 16.2. The van der Waals surface area contributed by atoms with Crippen molar-refractivity contribution < 1.29 is 9.59 Å². The number of imide groups is 1. The molecule has 0 bridgehead atoms. The van der Waals surface area contributed by atoms with Gasteiger partial charge in [-0.1, -0.05) is 12.1 Å². The van der Waals surface area contributed by atoms with Crippen molar-refractivity contribution in [1.82, 2.24) is 19.6 Å². The quantitative estimate of drug-likeness (QED) is 0.671. The van der Waals surface area contributed by atoms with E-state index in [1.54, 1.807) is 38.1 Å². The number of hydrogen-bond acceptors (Lipinski definition) is 5. The van der Waals surface area contributed by atoms with Crippen LogP contribution < -0.4 is 10.5 Å². The maximum atomic E-state index is 12.4. The van der Waals surface area contributed by atoms with Gasteiger partial charge in [-0.25, -0.2) is 9.88 Å². The van der Waals surface area contributed by atoms with E-state index in [2.05, 4.69) is 15.1 Å². The third-order valence-electron chi connectivity index (χ3n) is 3.96. The number of aromatic nitrogens is 4. The van der Waals surface area contributed by atoms with E-state index < -0.39 is 11.8 Å². The molecule has 114 valence electrons. The Bertz CT molecular complexity index is 1030. The van der Waals surface area contributed by atoms with Crippen LogP contribution in [-0.4, -0.2) is 31.4 Å². The van der Waals surface area contributed by atoms with E-state index in [0.717, 1.165) is 9.42 Å². The molecule has 1 aromatic carbocycles. The molecule has 8 nitrogen and oxygen atoms in total. The summed E-state index contributed by atoms with van der Waals surface area (Å²) < 4.78 is 1.13. The summed E-state index contributed by atoms with van der Waals surface area (Å²) in [5.41, 5.74) is 1.33. The fraction of sp³-hybridized carbons (Fsp3) is 0.133. The Labute approximate surface area is 129 Å². The van der Waals surface area contributed by atoms with E-state index in [4.69, 9.17) is 0 Å². The highest BCUT2D eigenvalue weighted by Crippen LogP contribution is 2.25. The van der Waals surface area contributed by atoms with Crippen molar-refractivity contribution in [3.63, 3.8) is 0 Å². The number of anilines is 1. The van der Waals surface area contributed by atoms with Gasteiger partial charge in [-0.15, -0.1) is 0 Å². The zero-order valence-corrected chi connectivity index (χ0v) is 12.3. The van der Waals surface area contributed by atoms with Gasteiger partial charge in [0.2, 0.25) is 5.95 Å². The summed E-state index contributed by atoms with van der Waals surface area (Å²) in [5, 5.41) is 2.68. The molecule has 23 heavy (non-hydrogen) atoms. The summed E-state index contributed by atoms with van der Waals surface area (Å²) in [6, 6.07) is 6.53. The Balaban J connectivity index is 1.92. The Kier molecular flexibility index (Phi) is 2.53. The third kappa shape index (κ3) is 1.68. The van der Waals surface area contributed by atoms with Gasteiger partial charge >= 0.3 is 0 Å². The average molecular weight is 309 g/mol. The van der Waals surface area contributed by atoms with E-state index in [1.807, 2.05) is 0 Å². The first-order chi connectivity index (χ1) is 11.0. The minimum absolute atomic E-state index is 0.0224. The lowest BCUT2D eigenvalue weighted by Gasteiger charge is -2.08. The molecule has 3 aromatic rings. The number of fused-ring (bicyclic) bond motifs is 2. The van der Waals surface area contributed by atoms with Crippen molar-refractivity contribution in [2.24, 2.45) is 0 Å². The van der Waals surface area contributed by atoms with Crippen LogP contribution >= 0.6 is 0 Å². The number of amides is 2. The van der Waals surface area contributed by atoms with Crippen LogP contribution in [0, 0.1) is 13.8 Å². The average Bonchev–Trinajstić information content (AvgIpc) is 3.06. The molecule has 0 spiro atoms. The van der Waals surface area contributed by atoms with Gasteiger partial charge in [0, 0.05) is 11.3 Å². The number of benzene rings is 1. The Morgan fingerprint density at radius 2 is 1.57 bits per heavy atom. The van der Waals surface area contributed by atoms with Crippen molar-refractivity contribution in [3.05, 3.63) is 57.0 Å². The lowest BCUT2D eigenvalue weighted by molar-refractivity contribution is 0.0924. The molecule has 2 amide bonds. The zero-order valence-electron chi connectivity index (χ0n) is 12.3. The van der Waals surface area contributed by atoms with Crippen molar-refractivity contribution in [2.45, 2.75) is 13.8 Å². The van der Waals surface area contributed by atoms with Crippen LogP contribution in [0.25, 0.3) is 5.78 Å². The fourth-order valence-corrected chi connectivity index (χ4v) is 2.57. The van der Waals surface area contributed by atoms with E-state index in [0.29, 0.717) is 22.4 Å². The van der Waals surface area contributed by atoms with Crippen LogP contribution in [0.3, 0.4) is 0 Å². The molecule has 1 aliphatic heterocycles. The predicted molar refractivity (Wildman–Crippen MR) is 80.7 cm³/mol. The number of nitrogens with zero attached hydrogens (tertiary/aromatic N) is 4. The molecule has 4 rings (SSSR count). The van der Waals surface area contributed by atoms with Crippen LogP contribution in [0.1, 0.15) is 32.0 Å². The van der Waals surface area contributed by atoms with Crippen molar-refractivity contribution in [2.75, 3.05) is 4.90 Å². The Hall–Kier alpha value is -3.29. The Morgan fingerprint density at radius 3 is 2.17 bits per heavy atom. The van der Waals surface area contributed by atoms with Gasteiger partial charge in [0.25, 0.3) is 23.2 Å². The molecule has 1 N–H and O–H groups in total. The van der Waals surface area contributed by atoms with Crippen LogP contribution in [0.15, 0.2) is 29.1 Å². The molecule has 0 saturated heterocycles. The lowest BCUT2D eigenvalue weighted by Crippen LogP contribution is -2.30. The number of carbonyl (C=O) groups excluding carboxylic acids is 2. The van der Waals surface area contributed by atoms with E-state index in [1.165, 1.54) is 0 Å². The van der Waals surface area contributed by atoms with E-state index >= 15 is 0 Å². The SMILES string of the molecule is Cc1nc2nc(N3C(=O)c4ccccc4C3=O)[nH]n2c(=O)c1C. The minimum Gasteiger partial charge on any atom is -0.268 e. The normalized spacial score (nSPS) is 13.9. The predicted octanol–water partition coefficient (Wildman–Crippen LogP) is 0.835. The summed E-state index contributed by atoms with van der Waals surface area (Å²) >= 11 is 0. The molecule has 0 saturated carbocycles. The van der Waals surface area contributed by atoms with Crippen molar-refractivity contribution in [1.29, 1.82) is 0 Å². The molecule has 0 atom stereocenters. The van der Waals surface area contributed by atoms with Gasteiger partial charge in [0.15, 0.2) is 0 Å². The minimum atomic E-state index is -0.480. The number of carbonyl (C=O) groups is 2. The van der Waals surface area contributed by atoms with Gasteiger partial charge in [-0.3, -0.25) is 19.5 Å². The summed E-state index contributed by atoms with van der Waals surface area (Å²) in [4.78, 5) is 46.3. The molecule has 0 radical (unpaired) electrons. The number of aromatic amines is 1. The molecule has 2 aromatic heterocycles. The summed E-state index contributed by atoms with van der Waals surface area (Å²) in [6.45, 7) is 3.35. The summed E-state index contributed by atoms with van der Waals surface area (Å²) in [5.74, 6) is -0.868. The highest BCUT2D eigenvalue weighted by Gasteiger charge is 2.38. The second-order valence-corrected chi connectivity index (χ2v) is 5.30. The number of hydrogen-bond donors (Lipinski definition) is 1. The summed E-state index contributed by atoms with van der Waals surface area (Å²) in [7, 11) is 0. The molecular weight excluding hydrogens is 298 g/mol. The second-order valence-electron chi connectivity index (χ2n) is 5.30. The fourth-order valence-electron chi connectivity index (χ4n) is 2.57. The van der Waals surface area contributed by atoms with Gasteiger partial charge in [0.05, 0.1) is 11.1 Å². The van der Waals surface area contributed by atoms with Gasteiger partial charge in [-0.2, -0.15) is 9.50 Å². The largest absolute Gasteiger partial charge is 0.277 e. The second kappa shape index (κ2) is 4.35. The van der Waals surface area contributed by atoms with Gasteiger partial charge in [0.1, 0.15) is 0 Å². The standard InChI is InChI=1S/C15H11N5O3/c1-7-8(2)16-14-17-15(18-20(14)11(7)21)19-12(22)9-5-3-4-6-10(9)13(19)23/h3-6H,1-2H3,(H,16,17,18). The number of aryl methyl sites for hydroxylation is 1. The maximum absolute atomic E-state index is 12.4. The molecule has 1 aliphatic rings. The lowest BCUT2D eigenvalue weighted by atomic mass is 10.1. The van der Waals surface area contributed by atoms with E-state index in [-0.39, 0.29) is 17.3 Å². The van der Waals surface area contributed by atoms with Crippen LogP contribution in [0.2, 0.25) is 0 Å².